The van der Waals surface area contributed by atoms with E-state index in [4.69, 9.17) is 16.3 Å². The number of hydrogen-bond donors (Lipinski definition) is 0. The third-order valence-electron chi connectivity index (χ3n) is 2.66. The normalized spacial score (nSPS) is 12.0. The van der Waals surface area contributed by atoms with Gasteiger partial charge >= 0.3 is 5.97 Å². The third-order valence-corrected chi connectivity index (χ3v) is 3.45. The van der Waals surface area contributed by atoms with Gasteiger partial charge in [0.1, 0.15) is 11.7 Å². The van der Waals surface area contributed by atoms with E-state index in [0.29, 0.717) is 15.7 Å². The number of methoxy groups -OCH3 is 1. The summed E-state index contributed by atoms with van der Waals surface area (Å²) in [5.41, 5.74) is 0.914. The summed E-state index contributed by atoms with van der Waals surface area (Å²) >= 11 is 9.04. The molecule has 0 saturated heterocycles. The second kappa shape index (κ2) is 6.28. The second-order valence-corrected chi connectivity index (χ2v) is 5.07. The Morgan fingerprint density at radius 3 is 2.65 bits per heavy atom. The molecule has 0 aliphatic rings. The summed E-state index contributed by atoms with van der Waals surface area (Å²) in [7, 11) is 1.27. The highest BCUT2D eigenvalue weighted by atomic mass is 79.9. The van der Waals surface area contributed by atoms with Crippen LogP contribution in [0.1, 0.15) is 17.2 Å². The van der Waals surface area contributed by atoms with E-state index < -0.39 is 17.7 Å². The van der Waals surface area contributed by atoms with Crippen LogP contribution in [0.5, 0.6) is 0 Å². The molecule has 0 aliphatic heterocycles. The van der Waals surface area contributed by atoms with Crippen LogP contribution in [0.25, 0.3) is 0 Å². The van der Waals surface area contributed by atoms with Crippen molar-refractivity contribution >= 4 is 33.5 Å². The zero-order valence-corrected chi connectivity index (χ0v) is 12.7. The highest BCUT2D eigenvalue weighted by Gasteiger charge is 2.27. The van der Waals surface area contributed by atoms with E-state index in [1.807, 2.05) is 0 Å². The van der Waals surface area contributed by atoms with Gasteiger partial charge in [-0.25, -0.2) is 14.4 Å². The number of hydrogen-bond acceptors (Lipinski definition) is 4. The summed E-state index contributed by atoms with van der Waals surface area (Å²) in [6, 6.07) is 5.53. The number of carbonyl (C=O) groups is 1. The molecule has 1 heterocycles. The van der Waals surface area contributed by atoms with Crippen molar-refractivity contribution in [2.24, 2.45) is 0 Å². The fourth-order valence-corrected chi connectivity index (χ4v) is 2.30. The Labute approximate surface area is 128 Å². The van der Waals surface area contributed by atoms with Gasteiger partial charge in [0.15, 0.2) is 0 Å². The van der Waals surface area contributed by atoms with Crippen LogP contribution in [0.3, 0.4) is 0 Å². The lowest BCUT2D eigenvalue weighted by molar-refractivity contribution is -0.141. The first kappa shape index (κ1) is 14.9. The molecule has 0 fully saturated rings. The summed E-state index contributed by atoms with van der Waals surface area (Å²) in [5.74, 6) is -1.72. The van der Waals surface area contributed by atoms with Crippen LogP contribution in [-0.2, 0) is 9.53 Å². The van der Waals surface area contributed by atoms with Crippen LogP contribution in [0.2, 0.25) is 5.28 Å². The Bertz CT molecular complexity index is 637. The number of halogens is 3. The first-order valence-corrected chi connectivity index (χ1v) is 6.71. The van der Waals surface area contributed by atoms with Gasteiger partial charge in [0.2, 0.25) is 5.28 Å². The summed E-state index contributed by atoms with van der Waals surface area (Å²) in [5, 5.41) is 0.0132. The van der Waals surface area contributed by atoms with E-state index in [9.17, 15) is 9.18 Å². The molecule has 104 valence electrons. The molecule has 0 amide bonds. The van der Waals surface area contributed by atoms with Gasteiger partial charge < -0.3 is 4.74 Å². The van der Waals surface area contributed by atoms with E-state index >= 15 is 0 Å². The summed E-state index contributed by atoms with van der Waals surface area (Å²) < 4.78 is 18.3. The van der Waals surface area contributed by atoms with Gasteiger partial charge in [0.25, 0.3) is 0 Å². The zero-order valence-electron chi connectivity index (χ0n) is 10.3. The molecule has 0 bridgehead atoms. The number of aromatic nitrogens is 2. The van der Waals surface area contributed by atoms with Crippen molar-refractivity contribution in [2.75, 3.05) is 7.11 Å². The lowest BCUT2D eigenvalue weighted by Gasteiger charge is -2.16. The van der Waals surface area contributed by atoms with E-state index in [1.165, 1.54) is 37.6 Å². The molecule has 0 aliphatic carbocycles. The fourth-order valence-electron chi connectivity index (χ4n) is 1.74. The van der Waals surface area contributed by atoms with Crippen molar-refractivity contribution in [3.63, 3.8) is 0 Å². The predicted molar refractivity (Wildman–Crippen MR) is 75.0 cm³/mol. The fraction of sp³-hybridized carbons (Fsp3) is 0.154. The number of esters is 1. The van der Waals surface area contributed by atoms with Crippen molar-refractivity contribution in [3.8, 4) is 0 Å². The molecule has 4 nitrogen and oxygen atoms in total. The number of carbonyl (C=O) groups excluding carboxylic acids is 1. The van der Waals surface area contributed by atoms with Crippen molar-refractivity contribution in [1.82, 2.24) is 9.97 Å². The standard InChI is InChI=1S/C13H9BrClFN2O2/c1-20-12(19)10(7-2-4-8(16)5-3-7)11-9(14)6-17-13(15)18-11/h2-6,10H,1H3. The Balaban J connectivity index is 2.55. The molecular weight excluding hydrogens is 351 g/mol. The molecule has 1 aromatic carbocycles. The first-order valence-electron chi connectivity index (χ1n) is 5.54. The number of nitrogens with zero attached hydrogens (tertiary/aromatic N) is 2. The molecule has 2 aromatic rings. The number of rotatable bonds is 3. The maximum Gasteiger partial charge on any atom is 0.319 e. The smallest absolute Gasteiger partial charge is 0.319 e. The maximum absolute atomic E-state index is 13.0. The van der Waals surface area contributed by atoms with Gasteiger partial charge in [-0.05, 0) is 45.2 Å². The van der Waals surface area contributed by atoms with Crippen LogP contribution < -0.4 is 0 Å². The van der Waals surface area contributed by atoms with Crippen LogP contribution in [0, 0.1) is 5.82 Å². The zero-order chi connectivity index (χ0) is 14.7. The maximum atomic E-state index is 13.0. The van der Waals surface area contributed by atoms with Gasteiger partial charge in [-0.1, -0.05) is 12.1 Å². The molecule has 2 rings (SSSR count). The Kier molecular flexibility index (Phi) is 4.67. The Hall–Kier alpha value is -1.53. The minimum absolute atomic E-state index is 0.0132. The van der Waals surface area contributed by atoms with Crippen molar-refractivity contribution in [2.45, 2.75) is 5.92 Å². The number of ether oxygens (including phenoxy) is 1. The summed E-state index contributed by atoms with van der Waals surface area (Å²) in [4.78, 5) is 19.9. The number of benzene rings is 1. The summed E-state index contributed by atoms with van der Waals surface area (Å²) in [6.07, 6.45) is 1.45. The predicted octanol–water partition coefficient (Wildman–Crippen LogP) is 3.34. The van der Waals surface area contributed by atoms with Gasteiger partial charge in [0, 0.05) is 6.20 Å². The van der Waals surface area contributed by atoms with E-state index in [-0.39, 0.29) is 5.28 Å². The molecule has 0 spiro atoms. The molecule has 1 aromatic heterocycles. The SMILES string of the molecule is COC(=O)C(c1ccc(F)cc1)c1nc(Cl)ncc1Br. The first-order chi connectivity index (χ1) is 9.52. The highest BCUT2D eigenvalue weighted by Crippen LogP contribution is 2.30. The molecule has 0 N–H and O–H groups in total. The van der Waals surface area contributed by atoms with Crippen LogP contribution in [0.15, 0.2) is 34.9 Å². The summed E-state index contributed by atoms with van der Waals surface area (Å²) in [6.45, 7) is 0. The molecule has 0 saturated carbocycles. The minimum Gasteiger partial charge on any atom is -0.468 e. The van der Waals surface area contributed by atoms with E-state index in [1.54, 1.807) is 0 Å². The Morgan fingerprint density at radius 1 is 1.40 bits per heavy atom. The largest absolute Gasteiger partial charge is 0.468 e. The van der Waals surface area contributed by atoms with Crippen LogP contribution in [-0.4, -0.2) is 23.0 Å². The van der Waals surface area contributed by atoms with E-state index in [0.717, 1.165) is 0 Å². The van der Waals surface area contributed by atoms with Crippen LogP contribution >= 0.6 is 27.5 Å². The molecule has 1 unspecified atom stereocenters. The molecular formula is C13H9BrClFN2O2. The molecule has 0 radical (unpaired) electrons. The van der Waals surface area contributed by atoms with Gasteiger partial charge in [-0.3, -0.25) is 4.79 Å². The van der Waals surface area contributed by atoms with Gasteiger partial charge in [-0.2, -0.15) is 0 Å². The molecule has 7 heteroatoms. The molecule has 1 atom stereocenters. The third kappa shape index (κ3) is 3.13. The molecule has 20 heavy (non-hydrogen) atoms. The van der Waals surface area contributed by atoms with Crippen LogP contribution in [0.4, 0.5) is 4.39 Å². The van der Waals surface area contributed by atoms with E-state index in [2.05, 4.69) is 25.9 Å². The lowest BCUT2D eigenvalue weighted by atomic mass is 9.95. The Morgan fingerprint density at radius 2 is 2.05 bits per heavy atom. The monoisotopic (exact) mass is 358 g/mol. The van der Waals surface area contributed by atoms with Crippen molar-refractivity contribution < 1.29 is 13.9 Å². The van der Waals surface area contributed by atoms with Gasteiger partial charge in [0.05, 0.1) is 17.3 Å². The minimum atomic E-state index is -0.810. The average Bonchev–Trinajstić information content (AvgIpc) is 2.44. The quantitative estimate of drug-likeness (QED) is 0.623. The second-order valence-electron chi connectivity index (χ2n) is 3.88. The van der Waals surface area contributed by atoms with Crippen molar-refractivity contribution in [3.05, 3.63) is 57.3 Å². The lowest BCUT2D eigenvalue weighted by Crippen LogP contribution is -2.18. The average molecular weight is 360 g/mol. The van der Waals surface area contributed by atoms with Crippen molar-refractivity contribution in [1.29, 1.82) is 0 Å². The topological polar surface area (TPSA) is 52.1 Å². The highest BCUT2D eigenvalue weighted by molar-refractivity contribution is 9.10. The van der Waals surface area contributed by atoms with Gasteiger partial charge in [-0.15, -0.1) is 0 Å².